The number of alkyl halides is 3. The van der Waals surface area contributed by atoms with E-state index in [2.05, 4.69) is 20.5 Å². The molecule has 1 heterocycles. The van der Waals surface area contributed by atoms with Gasteiger partial charge in [-0.1, -0.05) is 0 Å². The maximum Gasteiger partial charge on any atom is 0.410 e. The first-order chi connectivity index (χ1) is 12.0. The summed E-state index contributed by atoms with van der Waals surface area (Å²) in [6, 6.07) is 0. The van der Waals surface area contributed by atoms with Crippen LogP contribution in [0.4, 0.5) is 18.0 Å². The average Bonchev–Trinajstić information content (AvgIpc) is 2.51. The van der Waals surface area contributed by atoms with Crippen LogP contribution in [-0.4, -0.2) is 86.5 Å². The molecule has 26 heavy (non-hydrogen) atoms. The number of guanidine groups is 1. The third-order valence-corrected chi connectivity index (χ3v) is 3.67. The molecule has 7 nitrogen and oxygen atoms in total. The Morgan fingerprint density at radius 3 is 2.15 bits per heavy atom. The van der Waals surface area contributed by atoms with Crippen molar-refractivity contribution in [3.63, 3.8) is 0 Å². The second kappa shape index (κ2) is 9.84. The molecule has 0 spiro atoms. The van der Waals surface area contributed by atoms with Gasteiger partial charge in [-0.05, 0) is 20.8 Å². The van der Waals surface area contributed by atoms with E-state index in [4.69, 9.17) is 4.74 Å². The zero-order valence-corrected chi connectivity index (χ0v) is 15.9. The molecule has 0 atom stereocenters. The molecular weight excluding hydrogens is 351 g/mol. The van der Waals surface area contributed by atoms with Crippen LogP contribution in [-0.2, 0) is 4.74 Å². The number of aliphatic imine (C=N–C) groups is 1. The summed E-state index contributed by atoms with van der Waals surface area (Å²) in [5.74, 6) is 0.349. The van der Waals surface area contributed by atoms with E-state index in [9.17, 15) is 18.0 Å². The van der Waals surface area contributed by atoms with Gasteiger partial charge in [0.25, 0.3) is 0 Å². The third-order valence-electron chi connectivity index (χ3n) is 3.67. The van der Waals surface area contributed by atoms with Gasteiger partial charge in [0.15, 0.2) is 5.96 Å². The quantitative estimate of drug-likeness (QED) is 0.560. The van der Waals surface area contributed by atoms with Crippen LogP contribution < -0.4 is 10.6 Å². The fourth-order valence-corrected chi connectivity index (χ4v) is 2.36. The highest BCUT2D eigenvalue weighted by Gasteiger charge is 2.27. The summed E-state index contributed by atoms with van der Waals surface area (Å²) >= 11 is 0. The lowest BCUT2D eigenvalue weighted by molar-refractivity contribution is -0.132. The molecule has 152 valence electrons. The zero-order valence-electron chi connectivity index (χ0n) is 15.9. The van der Waals surface area contributed by atoms with E-state index in [0.29, 0.717) is 32.1 Å². The summed E-state index contributed by atoms with van der Waals surface area (Å²) in [7, 11) is 1.52. The second-order valence-electron chi connectivity index (χ2n) is 7.10. The molecule has 0 aromatic carbocycles. The minimum absolute atomic E-state index is 0.211. The van der Waals surface area contributed by atoms with E-state index in [1.165, 1.54) is 7.05 Å². The van der Waals surface area contributed by atoms with Crippen molar-refractivity contribution in [2.45, 2.75) is 39.0 Å². The summed E-state index contributed by atoms with van der Waals surface area (Å²) in [5, 5.41) is 5.63. The van der Waals surface area contributed by atoms with Gasteiger partial charge in [-0.2, -0.15) is 13.2 Å². The average molecular weight is 381 g/mol. The molecule has 1 rings (SSSR count). The van der Waals surface area contributed by atoms with Gasteiger partial charge in [-0.15, -0.1) is 0 Å². The third kappa shape index (κ3) is 9.69. The van der Waals surface area contributed by atoms with Gasteiger partial charge in [-0.3, -0.25) is 9.89 Å². The lowest BCUT2D eigenvalue weighted by Crippen LogP contribution is -2.51. The minimum atomic E-state index is -4.18. The number of carbonyl (C=O) groups is 1. The molecular formula is C16H30F3N5O2. The monoisotopic (exact) mass is 381 g/mol. The highest BCUT2D eigenvalue weighted by molar-refractivity contribution is 5.79. The van der Waals surface area contributed by atoms with Gasteiger partial charge >= 0.3 is 12.3 Å². The fraction of sp³-hybridized carbons (Fsp3) is 0.875. The molecule has 0 unspecified atom stereocenters. The maximum absolute atomic E-state index is 12.1. The van der Waals surface area contributed by atoms with Gasteiger partial charge in [-0.25, -0.2) is 4.79 Å². The second-order valence-corrected chi connectivity index (χ2v) is 7.10. The van der Waals surface area contributed by atoms with Crippen molar-refractivity contribution < 1.29 is 22.7 Å². The van der Waals surface area contributed by atoms with Gasteiger partial charge in [0, 0.05) is 52.9 Å². The van der Waals surface area contributed by atoms with E-state index in [-0.39, 0.29) is 12.6 Å². The van der Waals surface area contributed by atoms with E-state index in [1.807, 2.05) is 20.8 Å². The van der Waals surface area contributed by atoms with E-state index in [0.717, 1.165) is 13.1 Å². The number of carbonyl (C=O) groups excluding carboxylic acids is 1. The van der Waals surface area contributed by atoms with Gasteiger partial charge in [0.1, 0.15) is 5.60 Å². The lowest BCUT2D eigenvalue weighted by Gasteiger charge is -2.35. The molecule has 10 heteroatoms. The van der Waals surface area contributed by atoms with Gasteiger partial charge in [0.05, 0.1) is 6.42 Å². The molecule has 0 aromatic rings. The molecule has 1 fully saturated rings. The Morgan fingerprint density at radius 1 is 1.08 bits per heavy atom. The molecule has 0 aromatic heterocycles. The molecule has 0 saturated carbocycles. The minimum Gasteiger partial charge on any atom is -0.444 e. The van der Waals surface area contributed by atoms with Crippen LogP contribution in [0.5, 0.6) is 0 Å². The molecule has 1 amide bonds. The predicted molar refractivity (Wildman–Crippen MR) is 94.3 cm³/mol. The van der Waals surface area contributed by atoms with Crippen molar-refractivity contribution in [2.75, 3.05) is 52.9 Å². The molecule has 0 aliphatic carbocycles. The number of ether oxygens (including phenoxy) is 1. The van der Waals surface area contributed by atoms with Crippen LogP contribution in [0.15, 0.2) is 4.99 Å². The predicted octanol–water partition coefficient (Wildman–Crippen LogP) is 1.66. The standard InChI is InChI=1S/C16H30F3N5O2/c1-15(2,3)26-14(25)24-11-9-23(10-12-24)8-7-22-13(20-4)21-6-5-16(17,18)19/h5-12H2,1-4H3,(H2,20,21,22). The Bertz CT molecular complexity index is 469. The van der Waals surface area contributed by atoms with E-state index < -0.39 is 18.2 Å². The van der Waals surface area contributed by atoms with Crippen LogP contribution in [0.1, 0.15) is 27.2 Å². The number of nitrogens with zero attached hydrogens (tertiary/aromatic N) is 3. The summed E-state index contributed by atoms with van der Waals surface area (Å²) < 4.78 is 41.8. The van der Waals surface area contributed by atoms with E-state index >= 15 is 0 Å². The van der Waals surface area contributed by atoms with Crippen LogP contribution >= 0.6 is 0 Å². The molecule has 1 aliphatic heterocycles. The number of nitrogens with one attached hydrogen (secondary N) is 2. The van der Waals surface area contributed by atoms with Gasteiger partial charge in [0.2, 0.25) is 0 Å². The number of amides is 1. The SMILES string of the molecule is CN=C(NCCN1CCN(C(=O)OC(C)(C)C)CC1)NCCC(F)(F)F. The Labute approximate surface area is 152 Å². The molecule has 1 saturated heterocycles. The highest BCUT2D eigenvalue weighted by atomic mass is 19.4. The Balaban J connectivity index is 2.22. The summed E-state index contributed by atoms with van der Waals surface area (Å²) in [4.78, 5) is 19.8. The van der Waals surface area contributed by atoms with Crippen LogP contribution in [0.3, 0.4) is 0 Å². The number of hydrogen-bond acceptors (Lipinski definition) is 4. The molecule has 0 radical (unpaired) electrons. The Morgan fingerprint density at radius 2 is 1.65 bits per heavy atom. The number of halogens is 3. The first-order valence-corrected chi connectivity index (χ1v) is 8.72. The van der Waals surface area contributed by atoms with E-state index in [1.54, 1.807) is 4.90 Å². The molecule has 0 bridgehead atoms. The first-order valence-electron chi connectivity index (χ1n) is 8.72. The smallest absolute Gasteiger partial charge is 0.410 e. The first kappa shape index (κ1) is 22.3. The lowest BCUT2D eigenvalue weighted by atomic mass is 10.2. The zero-order chi connectivity index (χ0) is 19.8. The van der Waals surface area contributed by atoms with Crippen molar-refractivity contribution in [1.82, 2.24) is 20.4 Å². The number of rotatable bonds is 5. The van der Waals surface area contributed by atoms with Crippen molar-refractivity contribution in [3.05, 3.63) is 0 Å². The Kier molecular flexibility index (Phi) is 8.45. The maximum atomic E-state index is 12.1. The van der Waals surface area contributed by atoms with Crippen LogP contribution in [0, 0.1) is 0 Å². The van der Waals surface area contributed by atoms with Gasteiger partial charge < -0.3 is 20.3 Å². The normalized spacial score (nSPS) is 17.2. The van der Waals surface area contributed by atoms with Crippen molar-refractivity contribution in [1.29, 1.82) is 0 Å². The van der Waals surface area contributed by atoms with Crippen molar-refractivity contribution in [3.8, 4) is 0 Å². The fourth-order valence-electron chi connectivity index (χ4n) is 2.36. The van der Waals surface area contributed by atoms with Crippen molar-refractivity contribution in [2.24, 2.45) is 4.99 Å². The van der Waals surface area contributed by atoms with Crippen LogP contribution in [0.25, 0.3) is 0 Å². The largest absolute Gasteiger partial charge is 0.444 e. The van der Waals surface area contributed by atoms with Crippen LogP contribution in [0.2, 0.25) is 0 Å². The number of piperazine rings is 1. The highest BCUT2D eigenvalue weighted by Crippen LogP contribution is 2.18. The topological polar surface area (TPSA) is 69.2 Å². The summed E-state index contributed by atoms with van der Waals surface area (Å²) in [6.45, 7) is 9.19. The molecule has 2 N–H and O–H groups in total. The molecule has 1 aliphatic rings. The Hall–Kier alpha value is -1.71. The van der Waals surface area contributed by atoms with Crippen molar-refractivity contribution >= 4 is 12.1 Å². The number of hydrogen-bond donors (Lipinski definition) is 2. The summed E-state index contributed by atoms with van der Waals surface area (Å²) in [6.07, 6.45) is -5.38. The summed E-state index contributed by atoms with van der Waals surface area (Å²) in [5.41, 5.74) is -0.507.